The SMILES string of the molecule is CN(C)C(C1CCCCC1)C(C1CCCCC1)N(C)C. The lowest BCUT2D eigenvalue weighted by molar-refractivity contribution is 0.0380. The van der Waals surface area contributed by atoms with Crippen LogP contribution in [0.15, 0.2) is 0 Å². The Balaban J connectivity index is 2.13. The highest BCUT2D eigenvalue weighted by atomic mass is 15.2. The van der Waals surface area contributed by atoms with Gasteiger partial charge in [0.05, 0.1) is 0 Å². The van der Waals surface area contributed by atoms with Crippen LogP contribution in [0.25, 0.3) is 0 Å². The second-order valence-corrected chi connectivity index (χ2v) is 7.70. The van der Waals surface area contributed by atoms with E-state index in [9.17, 15) is 0 Å². The van der Waals surface area contributed by atoms with E-state index in [1.54, 1.807) is 0 Å². The molecule has 0 aromatic rings. The zero-order chi connectivity index (χ0) is 14.5. The van der Waals surface area contributed by atoms with Gasteiger partial charge < -0.3 is 9.80 Å². The maximum atomic E-state index is 2.55. The van der Waals surface area contributed by atoms with Crippen molar-refractivity contribution in [3.05, 3.63) is 0 Å². The first-order chi connectivity index (χ1) is 9.61. The topological polar surface area (TPSA) is 6.48 Å². The molecule has 20 heavy (non-hydrogen) atoms. The van der Waals surface area contributed by atoms with Crippen molar-refractivity contribution in [2.75, 3.05) is 28.2 Å². The van der Waals surface area contributed by atoms with E-state index in [0.717, 1.165) is 23.9 Å². The van der Waals surface area contributed by atoms with E-state index in [1.165, 1.54) is 64.2 Å². The molecule has 118 valence electrons. The Kier molecular flexibility index (Phi) is 6.35. The molecule has 2 nitrogen and oxygen atoms in total. The van der Waals surface area contributed by atoms with Gasteiger partial charge >= 0.3 is 0 Å². The number of likely N-dealkylation sites (N-methyl/N-ethyl adjacent to an activating group) is 2. The lowest BCUT2D eigenvalue weighted by atomic mass is 9.73. The minimum atomic E-state index is 0.758. The van der Waals surface area contributed by atoms with Crippen molar-refractivity contribution >= 4 is 0 Å². The molecule has 2 aliphatic rings. The zero-order valence-corrected chi connectivity index (χ0v) is 14.3. The van der Waals surface area contributed by atoms with Crippen LogP contribution in [0.3, 0.4) is 0 Å². The summed E-state index contributed by atoms with van der Waals surface area (Å²) in [5.74, 6) is 1.85. The molecule has 2 unspecified atom stereocenters. The molecule has 0 spiro atoms. The lowest BCUT2D eigenvalue weighted by Crippen LogP contribution is -2.55. The molecule has 0 saturated heterocycles. The van der Waals surface area contributed by atoms with Gasteiger partial charge in [-0.25, -0.2) is 0 Å². The van der Waals surface area contributed by atoms with Gasteiger partial charge in [0.15, 0.2) is 0 Å². The third kappa shape index (κ3) is 3.98. The molecule has 2 atom stereocenters. The smallest absolute Gasteiger partial charge is 0.0276 e. The average molecular weight is 280 g/mol. The molecule has 0 amide bonds. The second-order valence-electron chi connectivity index (χ2n) is 7.70. The van der Waals surface area contributed by atoms with E-state index in [-0.39, 0.29) is 0 Å². The molecule has 2 fully saturated rings. The highest BCUT2D eigenvalue weighted by Gasteiger charge is 2.38. The largest absolute Gasteiger partial charge is 0.305 e. The van der Waals surface area contributed by atoms with Crippen molar-refractivity contribution in [1.29, 1.82) is 0 Å². The average Bonchev–Trinajstić information content (AvgIpc) is 2.45. The fourth-order valence-electron chi connectivity index (χ4n) is 4.96. The van der Waals surface area contributed by atoms with Gasteiger partial charge in [-0.15, -0.1) is 0 Å². The number of hydrogen-bond acceptors (Lipinski definition) is 2. The molecule has 0 N–H and O–H groups in total. The van der Waals surface area contributed by atoms with Crippen LogP contribution >= 0.6 is 0 Å². The van der Waals surface area contributed by atoms with Gasteiger partial charge in [0.2, 0.25) is 0 Å². The van der Waals surface area contributed by atoms with Crippen molar-refractivity contribution in [1.82, 2.24) is 9.80 Å². The summed E-state index contributed by atoms with van der Waals surface area (Å²) in [6, 6.07) is 1.52. The molecule has 0 aliphatic heterocycles. The Morgan fingerprint density at radius 2 is 0.850 bits per heavy atom. The quantitative estimate of drug-likeness (QED) is 0.751. The van der Waals surface area contributed by atoms with E-state index in [0.29, 0.717) is 0 Å². The van der Waals surface area contributed by atoms with Crippen molar-refractivity contribution in [3.8, 4) is 0 Å². The standard InChI is InChI=1S/C18H36N2/c1-19(2)17(15-11-7-5-8-12-15)18(20(3)4)16-13-9-6-10-14-16/h15-18H,5-14H2,1-4H3. The van der Waals surface area contributed by atoms with Gasteiger partial charge in [-0.05, 0) is 65.7 Å². The van der Waals surface area contributed by atoms with E-state index in [2.05, 4.69) is 38.0 Å². The fourth-order valence-corrected chi connectivity index (χ4v) is 4.96. The van der Waals surface area contributed by atoms with E-state index in [1.807, 2.05) is 0 Å². The molecule has 0 heterocycles. The molecule has 0 aromatic heterocycles. The Morgan fingerprint density at radius 3 is 1.10 bits per heavy atom. The van der Waals surface area contributed by atoms with Gasteiger partial charge in [-0.1, -0.05) is 38.5 Å². The summed E-state index contributed by atoms with van der Waals surface area (Å²) in [5.41, 5.74) is 0. The Bertz CT molecular complexity index is 235. The van der Waals surface area contributed by atoms with Crippen LogP contribution < -0.4 is 0 Å². The molecular formula is C18H36N2. The minimum Gasteiger partial charge on any atom is -0.305 e. The Morgan fingerprint density at radius 1 is 0.550 bits per heavy atom. The van der Waals surface area contributed by atoms with Crippen molar-refractivity contribution in [2.45, 2.75) is 76.3 Å². The summed E-state index contributed by atoms with van der Waals surface area (Å²) < 4.78 is 0. The second kappa shape index (κ2) is 7.79. The van der Waals surface area contributed by atoms with Crippen LogP contribution in [0.1, 0.15) is 64.2 Å². The van der Waals surface area contributed by atoms with Crippen molar-refractivity contribution in [3.63, 3.8) is 0 Å². The van der Waals surface area contributed by atoms with Crippen LogP contribution in [0, 0.1) is 11.8 Å². The van der Waals surface area contributed by atoms with Gasteiger partial charge in [0.25, 0.3) is 0 Å². The molecule has 0 bridgehead atoms. The van der Waals surface area contributed by atoms with Gasteiger partial charge in [-0.3, -0.25) is 0 Å². The maximum absolute atomic E-state index is 2.55. The first kappa shape index (κ1) is 16.3. The summed E-state index contributed by atoms with van der Waals surface area (Å²) in [7, 11) is 9.27. The van der Waals surface area contributed by atoms with Crippen LogP contribution in [-0.2, 0) is 0 Å². The highest BCUT2D eigenvalue weighted by molar-refractivity contribution is 4.93. The third-order valence-corrected chi connectivity index (χ3v) is 5.81. The highest BCUT2D eigenvalue weighted by Crippen LogP contribution is 2.37. The number of rotatable bonds is 5. The van der Waals surface area contributed by atoms with E-state index in [4.69, 9.17) is 0 Å². The van der Waals surface area contributed by atoms with Crippen LogP contribution in [0.4, 0.5) is 0 Å². The van der Waals surface area contributed by atoms with Gasteiger partial charge in [0, 0.05) is 12.1 Å². The summed E-state index contributed by atoms with van der Waals surface area (Å²) in [4.78, 5) is 5.10. The third-order valence-electron chi connectivity index (χ3n) is 5.81. The number of nitrogens with zero attached hydrogens (tertiary/aromatic N) is 2. The van der Waals surface area contributed by atoms with Crippen molar-refractivity contribution in [2.24, 2.45) is 11.8 Å². The molecule has 2 rings (SSSR count). The van der Waals surface area contributed by atoms with Gasteiger partial charge in [-0.2, -0.15) is 0 Å². The normalized spacial score (nSPS) is 26.1. The van der Waals surface area contributed by atoms with Crippen molar-refractivity contribution < 1.29 is 0 Å². The predicted octanol–water partition coefficient (Wildman–Crippen LogP) is 4.01. The molecule has 0 radical (unpaired) electrons. The van der Waals surface area contributed by atoms with E-state index >= 15 is 0 Å². The van der Waals surface area contributed by atoms with Crippen LogP contribution in [0.5, 0.6) is 0 Å². The zero-order valence-electron chi connectivity index (χ0n) is 14.3. The molecule has 0 aromatic carbocycles. The lowest BCUT2D eigenvalue weighted by Gasteiger charge is -2.47. The molecule has 2 saturated carbocycles. The summed E-state index contributed by atoms with van der Waals surface area (Å²) in [6.07, 6.45) is 14.6. The first-order valence-electron chi connectivity index (χ1n) is 8.94. The minimum absolute atomic E-state index is 0.758. The summed E-state index contributed by atoms with van der Waals surface area (Å²) in [6.45, 7) is 0. The fraction of sp³-hybridized carbons (Fsp3) is 1.00. The summed E-state index contributed by atoms with van der Waals surface area (Å²) in [5, 5.41) is 0. The van der Waals surface area contributed by atoms with Crippen LogP contribution in [-0.4, -0.2) is 50.1 Å². The Hall–Kier alpha value is -0.0800. The molecular weight excluding hydrogens is 244 g/mol. The van der Waals surface area contributed by atoms with Gasteiger partial charge in [0.1, 0.15) is 0 Å². The first-order valence-corrected chi connectivity index (χ1v) is 8.94. The number of hydrogen-bond donors (Lipinski definition) is 0. The monoisotopic (exact) mass is 280 g/mol. The van der Waals surface area contributed by atoms with Crippen LogP contribution in [0.2, 0.25) is 0 Å². The Labute approximate surface area is 126 Å². The molecule has 2 heteroatoms. The van der Waals surface area contributed by atoms with E-state index < -0.39 is 0 Å². The molecule has 2 aliphatic carbocycles. The maximum Gasteiger partial charge on any atom is 0.0276 e. The summed E-state index contributed by atoms with van der Waals surface area (Å²) >= 11 is 0. The predicted molar refractivity (Wildman–Crippen MR) is 88.1 cm³/mol.